The van der Waals surface area contributed by atoms with Gasteiger partial charge in [-0.2, -0.15) is 5.10 Å². The molecule has 2 aromatic rings. The third-order valence-corrected chi connectivity index (χ3v) is 6.12. The molecule has 4 heterocycles. The number of hydrogen-bond donors (Lipinski definition) is 1. The van der Waals surface area contributed by atoms with Crippen molar-refractivity contribution in [1.29, 1.82) is 0 Å². The first-order valence-electron chi connectivity index (χ1n) is 11.0. The second-order valence-corrected chi connectivity index (χ2v) is 10.1. The number of rotatable bonds is 5. The number of aryl methyl sites for hydroxylation is 1. The van der Waals surface area contributed by atoms with Crippen LogP contribution in [0.3, 0.4) is 0 Å². The zero-order valence-corrected chi connectivity index (χ0v) is 19.7. The van der Waals surface area contributed by atoms with Crippen molar-refractivity contribution in [3.05, 3.63) is 35.7 Å². The minimum atomic E-state index is -0.987. The molecule has 0 aliphatic carbocycles. The average molecular weight is 441 g/mol. The van der Waals surface area contributed by atoms with Crippen LogP contribution < -0.4 is 10.2 Å². The number of ether oxygens (including phenoxy) is 1. The molecule has 0 unspecified atom stereocenters. The van der Waals surface area contributed by atoms with Crippen molar-refractivity contribution in [3.63, 3.8) is 0 Å². The Balaban J connectivity index is 1.59. The molecule has 0 aromatic carbocycles. The maximum atomic E-state index is 13.5. The number of anilines is 2. The summed E-state index contributed by atoms with van der Waals surface area (Å²) in [4.78, 5) is 34.0. The Kier molecular flexibility index (Phi) is 5.48. The van der Waals surface area contributed by atoms with Crippen LogP contribution in [0, 0.1) is 0 Å². The van der Waals surface area contributed by atoms with E-state index < -0.39 is 5.54 Å². The van der Waals surface area contributed by atoms with Crippen LogP contribution in [0.1, 0.15) is 52.3 Å². The topological polar surface area (TPSA) is 92.6 Å². The lowest BCUT2D eigenvalue weighted by molar-refractivity contribution is -0.123. The van der Waals surface area contributed by atoms with Gasteiger partial charge < -0.3 is 15.0 Å². The molecule has 2 aliphatic heterocycles. The predicted octanol–water partition coefficient (Wildman–Crippen LogP) is 3.06. The van der Waals surface area contributed by atoms with Gasteiger partial charge in [0.1, 0.15) is 17.2 Å². The zero-order valence-electron chi connectivity index (χ0n) is 19.7. The Morgan fingerprint density at radius 2 is 2.00 bits per heavy atom. The van der Waals surface area contributed by atoms with Gasteiger partial charge in [0, 0.05) is 37.9 Å². The lowest BCUT2D eigenvalue weighted by atomic mass is 9.92. The molecule has 4 rings (SSSR count). The van der Waals surface area contributed by atoms with Crippen molar-refractivity contribution in [1.82, 2.24) is 19.7 Å². The van der Waals surface area contributed by atoms with E-state index >= 15 is 0 Å². The lowest BCUT2D eigenvalue weighted by Crippen LogP contribution is -2.43. The van der Waals surface area contributed by atoms with Gasteiger partial charge in [0.2, 0.25) is 0 Å². The Morgan fingerprint density at radius 1 is 1.25 bits per heavy atom. The number of carbonyl (C=O) groups excluding carboxylic acids is 2. The maximum absolute atomic E-state index is 13.5. The van der Waals surface area contributed by atoms with Crippen LogP contribution >= 0.6 is 0 Å². The number of hydrogen-bond acceptors (Lipinski definition) is 6. The van der Waals surface area contributed by atoms with E-state index in [0.717, 1.165) is 30.1 Å². The summed E-state index contributed by atoms with van der Waals surface area (Å²) < 4.78 is 7.02. The Morgan fingerprint density at radius 3 is 2.62 bits per heavy atom. The van der Waals surface area contributed by atoms with Gasteiger partial charge >= 0.3 is 6.03 Å². The van der Waals surface area contributed by atoms with Crippen LogP contribution in [-0.2, 0) is 28.5 Å². The molecule has 32 heavy (non-hydrogen) atoms. The largest absolute Gasteiger partial charge is 0.379 e. The molecule has 2 aromatic heterocycles. The van der Waals surface area contributed by atoms with Crippen molar-refractivity contribution in [2.75, 3.05) is 23.4 Å². The average Bonchev–Trinajstić information content (AvgIpc) is 3.39. The molecule has 1 atom stereocenters. The van der Waals surface area contributed by atoms with E-state index in [-0.39, 0.29) is 23.4 Å². The number of nitrogens with zero attached hydrogens (tertiary/aromatic N) is 5. The molecule has 3 amide bonds. The van der Waals surface area contributed by atoms with Gasteiger partial charge in [-0.1, -0.05) is 20.8 Å². The van der Waals surface area contributed by atoms with E-state index in [1.54, 1.807) is 36.7 Å². The van der Waals surface area contributed by atoms with Gasteiger partial charge in [0.05, 0.1) is 18.3 Å². The maximum Gasteiger partial charge on any atom is 0.333 e. The predicted molar refractivity (Wildman–Crippen MR) is 121 cm³/mol. The van der Waals surface area contributed by atoms with Crippen LogP contribution in [-0.4, -0.2) is 56.4 Å². The smallest absolute Gasteiger partial charge is 0.333 e. The highest BCUT2D eigenvalue weighted by molar-refractivity contribution is 6.22. The van der Waals surface area contributed by atoms with Gasteiger partial charge in [-0.25, -0.2) is 14.7 Å². The monoisotopic (exact) mass is 440 g/mol. The minimum absolute atomic E-state index is 0.193. The third kappa shape index (κ3) is 3.97. The van der Waals surface area contributed by atoms with Gasteiger partial charge in [-0.15, -0.1) is 0 Å². The summed E-state index contributed by atoms with van der Waals surface area (Å²) in [6.45, 7) is 11.4. The number of urea groups is 1. The van der Waals surface area contributed by atoms with Gasteiger partial charge in [-0.05, 0) is 38.0 Å². The highest BCUT2D eigenvalue weighted by atomic mass is 16.5. The third-order valence-electron chi connectivity index (χ3n) is 6.12. The van der Waals surface area contributed by atoms with E-state index in [2.05, 4.69) is 36.2 Å². The molecule has 0 saturated carbocycles. The fraction of sp³-hybridized carbons (Fsp3) is 0.565. The molecule has 2 fully saturated rings. The highest BCUT2D eigenvalue weighted by Crippen LogP contribution is 2.35. The number of aromatic nitrogens is 3. The number of imide groups is 1. The molecule has 0 spiro atoms. The second-order valence-electron chi connectivity index (χ2n) is 10.1. The fourth-order valence-electron chi connectivity index (χ4n) is 4.03. The van der Waals surface area contributed by atoms with Gasteiger partial charge in [-0.3, -0.25) is 9.48 Å². The van der Waals surface area contributed by atoms with Crippen molar-refractivity contribution in [3.8, 4) is 0 Å². The molecular weight excluding hydrogens is 408 g/mol. The van der Waals surface area contributed by atoms with E-state index in [4.69, 9.17) is 4.74 Å². The second kappa shape index (κ2) is 7.88. The molecule has 2 saturated heterocycles. The van der Waals surface area contributed by atoms with Gasteiger partial charge in [0.25, 0.3) is 5.91 Å². The van der Waals surface area contributed by atoms with Crippen LogP contribution in [0.15, 0.2) is 24.4 Å². The lowest BCUT2D eigenvalue weighted by Gasteiger charge is -2.27. The van der Waals surface area contributed by atoms with Crippen molar-refractivity contribution in [2.24, 2.45) is 7.05 Å². The normalized spacial score (nSPS) is 21.0. The van der Waals surface area contributed by atoms with E-state index in [1.165, 1.54) is 4.90 Å². The number of amides is 3. The first-order valence-corrected chi connectivity index (χ1v) is 11.0. The summed E-state index contributed by atoms with van der Waals surface area (Å²) in [6.07, 6.45) is 2.66. The van der Waals surface area contributed by atoms with E-state index in [0.29, 0.717) is 19.0 Å². The Hall–Kier alpha value is -2.94. The van der Waals surface area contributed by atoms with Gasteiger partial charge in [0.15, 0.2) is 0 Å². The zero-order chi connectivity index (χ0) is 23.3. The fourth-order valence-corrected chi connectivity index (χ4v) is 4.03. The summed E-state index contributed by atoms with van der Waals surface area (Å²) >= 11 is 0. The highest BCUT2D eigenvalue weighted by Gasteiger charge is 2.52. The summed E-state index contributed by atoms with van der Waals surface area (Å²) in [7, 11) is 1.76. The molecule has 172 valence electrons. The molecule has 9 nitrogen and oxygen atoms in total. The number of pyridine rings is 1. The van der Waals surface area contributed by atoms with Crippen LogP contribution in [0.2, 0.25) is 0 Å². The van der Waals surface area contributed by atoms with Crippen molar-refractivity contribution in [2.45, 2.75) is 64.6 Å². The van der Waals surface area contributed by atoms with Crippen LogP contribution in [0.4, 0.5) is 16.4 Å². The summed E-state index contributed by atoms with van der Waals surface area (Å²) in [5.41, 5.74) is 0.548. The summed E-state index contributed by atoms with van der Waals surface area (Å²) in [5.74, 6) is 0.965. The molecule has 1 N–H and O–H groups in total. The molecule has 9 heteroatoms. The van der Waals surface area contributed by atoms with E-state index in [9.17, 15) is 9.59 Å². The summed E-state index contributed by atoms with van der Waals surface area (Å²) in [6, 6.07) is 5.51. The molecular formula is C23H32N6O3. The SMILES string of the molecule is Cn1nc(C(C)(C)C)cc1N1C(=O)N(Cc2ccnc(N[C@H]3CCOC3)c2)C(C)(C)C1=O. The molecule has 2 aliphatic rings. The quantitative estimate of drug-likeness (QED) is 0.719. The Labute approximate surface area is 188 Å². The first-order chi connectivity index (χ1) is 15.0. The number of nitrogens with one attached hydrogen (secondary N) is 1. The summed E-state index contributed by atoms with van der Waals surface area (Å²) in [5, 5.41) is 7.92. The van der Waals surface area contributed by atoms with Crippen LogP contribution in [0.25, 0.3) is 0 Å². The Bertz CT molecular complexity index is 1030. The van der Waals surface area contributed by atoms with Crippen molar-refractivity contribution >= 4 is 23.6 Å². The molecule has 0 bridgehead atoms. The minimum Gasteiger partial charge on any atom is -0.379 e. The van der Waals surface area contributed by atoms with Crippen LogP contribution in [0.5, 0.6) is 0 Å². The first kappa shape index (κ1) is 22.3. The number of carbonyl (C=O) groups is 2. The van der Waals surface area contributed by atoms with Crippen molar-refractivity contribution < 1.29 is 14.3 Å². The standard InChI is InChI=1S/C23H32N6O3/c1-22(2,3)17-12-19(27(6)26-17)29-20(30)23(4,5)28(21(29)31)13-15-7-9-24-18(11-15)25-16-8-10-32-14-16/h7,9,11-12,16H,8,10,13-14H2,1-6H3,(H,24,25)/t16-/m0/s1. The van der Waals surface area contributed by atoms with E-state index in [1.807, 2.05) is 18.2 Å². The molecule has 0 radical (unpaired) electrons.